The molecular formula is C19H24BrNO8S. The van der Waals surface area contributed by atoms with Crippen molar-refractivity contribution >= 4 is 43.7 Å². The maximum atomic E-state index is 12.9. The molecule has 1 heterocycles. The third-order valence-corrected chi connectivity index (χ3v) is 6.63. The summed E-state index contributed by atoms with van der Waals surface area (Å²) >= 11 is 3.25. The Bertz CT molecular complexity index is 853. The number of hydrogen-bond acceptors (Lipinski definition) is 8. The molecule has 1 aromatic rings. The number of hydrogen-bond donors (Lipinski definition) is 0. The predicted molar refractivity (Wildman–Crippen MR) is 109 cm³/mol. The highest BCUT2D eigenvalue weighted by Gasteiger charge is 2.39. The summed E-state index contributed by atoms with van der Waals surface area (Å²) in [6.45, 7) is 3.41. The van der Waals surface area contributed by atoms with Gasteiger partial charge in [0.25, 0.3) is 10.0 Å². The molecule has 0 spiro atoms. The van der Waals surface area contributed by atoms with Crippen molar-refractivity contribution in [2.75, 3.05) is 19.8 Å². The molecule has 1 aliphatic heterocycles. The molecule has 1 unspecified atom stereocenters. The molecule has 11 heteroatoms. The van der Waals surface area contributed by atoms with Crippen molar-refractivity contribution in [2.24, 2.45) is 5.92 Å². The molecule has 1 fully saturated rings. The number of nitrogens with zero attached hydrogens (tertiary/aromatic N) is 1. The smallest absolute Gasteiger partial charge is 0.320 e. The molecule has 166 valence electrons. The third kappa shape index (κ3) is 6.10. The summed E-state index contributed by atoms with van der Waals surface area (Å²) in [5.74, 6) is -3.53. The average molecular weight is 506 g/mol. The van der Waals surface area contributed by atoms with Crippen LogP contribution >= 0.6 is 15.9 Å². The molecular weight excluding hydrogens is 482 g/mol. The second kappa shape index (κ2) is 11.0. The highest BCUT2D eigenvalue weighted by atomic mass is 79.9. The Morgan fingerprint density at radius 2 is 1.70 bits per heavy atom. The van der Waals surface area contributed by atoms with Crippen LogP contribution in [0, 0.1) is 5.92 Å². The number of ether oxygens (including phenoxy) is 2. The van der Waals surface area contributed by atoms with Gasteiger partial charge in [-0.25, -0.2) is 8.42 Å². The fourth-order valence-electron chi connectivity index (χ4n) is 2.96. The van der Waals surface area contributed by atoms with E-state index in [4.69, 9.17) is 14.3 Å². The number of carbonyl (C=O) groups is 3. The summed E-state index contributed by atoms with van der Waals surface area (Å²) in [6, 6.07) is 5.30. The van der Waals surface area contributed by atoms with Crippen LogP contribution in [0.5, 0.6) is 0 Å². The van der Waals surface area contributed by atoms with Crippen LogP contribution in [0.3, 0.4) is 0 Å². The van der Waals surface area contributed by atoms with Gasteiger partial charge < -0.3 is 9.47 Å². The summed E-state index contributed by atoms with van der Waals surface area (Å²) in [6.07, 6.45) is -0.323. The summed E-state index contributed by atoms with van der Waals surface area (Å²) in [5.41, 5.74) is 0. The van der Waals surface area contributed by atoms with Gasteiger partial charge in [0.05, 0.1) is 30.8 Å². The van der Waals surface area contributed by atoms with Gasteiger partial charge in [-0.05, 0) is 44.5 Å². The van der Waals surface area contributed by atoms with Crippen molar-refractivity contribution in [2.45, 2.75) is 44.0 Å². The van der Waals surface area contributed by atoms with Crippen molar-refractivity contribution < 1.29 is 37.1 Å². The maximum absolute atomic E-state index is 12.9. The molecule has 9 nitrogen and oxygen atoms in total. The fraction of sp³-hybridized carbons (Fsp3) is 0.526. The van der Waals surface area contributed by atoms with Crippen molar-refractivity contribution in [3.63, 3.8) is 0 Å². The fourth-order valence-corrected chi connectivity index (χ4v) is 4.70. The molecule has 0 radical (unpaired) electrons. The monoisotopic (exact) mass is 505 g/mol. The number of sulfonamides is 1. The largest absolute Gasteiger partial charge is 0.465 e. The lowest BCUT2D eigenvalue weighted by atomic mass is 9.98. The van der Waals surface area contributed by atoms with Crippen LogP contribution in [0.2, 0.25) is 0 Å². The van der Waals surface area contributed by atoms with Crippen LogP contribution in [0.4, 0.5) is 0 Å². The number of rotatable bonds is 10. The molecule has 0 bridgehead atoms. The first kappa shape index (κ1) is 24.4. The Kier molecular flexibility index (Phi) is 8.95. The molecule has 0 N–H and O–H groups in total. The maximum Gasteiger partial charge on any atom is 0.320 e. The quantitative estimate of drug-likeness (QED) is 0.351. The minimum atomic E-state index is -3.97. The van der Waals surface area contributed by atoms with Gasteiger partial charge in [-0.2, -0.15) is 0 Å². The van der Waals surface area contributed by atoms with E-state index in [1.54, 1.807) is 26.0 Å². The van der Waals surface area contributed by atoms with Crippen molar-refractivity contribution in [3.05, 3.63) is 28.7 Å². The van der Waals surface area contributed by atoms with E-state index in [1.807, 2.05) is 0 Å². The van der Waals surface area contributed by atoms with E-state index in [2.05, 4.69) is 15.9 Å². The topological polar surface area (TPSA) is 116 Å². The lowest BCUT2D eigenvalue weighted by Gasteiger charge is -2.22. The highest BCUT2D eigenvalue weighted by molar-refractivity contribution is 9.10. The number of halogens is 1. The van der Waals surface area contributed by atoms with Crippen LogP contribution in [-0.4, -0.2) is 56.5 Å². The Balaban J connectivity index is 2.11. The molecule has 1 saturated heterocycles. The van der Waals surface area contributed by atoms with Gasteiger partial charge >= 0.3 is 11.9 Å². The number of benzene rings is 1. The first-order chi connectivity index (χ1) is 14.2. The SMILES string of the molecule is CCOC(=O)C(CC(=O)CC1CCON1S(=O)(=O)c1ccc(Br)cc1)C(=O)OCC. The summed E-state index contributed by atoms with van der Waals surface area (Å²) in [5, 5.41) is 0. The van der Waals surface area contributed by atoms with Crippen LogP contribution in [0.1, 0.15) is 33.1 Å². The Hall–Kier alpha value is -1.82. The van der Waals surface area contributed by atoms with Crippen LogP contribution in [0.25, 0.3) is 0 Å². The predicted octanol–water partition coefficient (Wildman–Crippen LogP) is 2.24. The van der Waals surface area contributed by atoms with E-state index in [1.165, 1.54) is 12.1 Å². The number of hydroxylamine groups is 1. The van der Waals surface area contributed by atoms with E-state index in [-0.39, 0.29) is 31.1 Å². The van der Waals surface area contributed by atoms with Gasteiger partial charge in [0.1, 0.15) is 5.78 Å². The Morgan fingerprint density at radius 1 is 1.13 bits per heavy atom. The summed E-state index contributed by atoms with van der Waals surface area (Å²) < 4.78 is 37.0. The van der Waals surface area contributed by atoms with Gasteiger partial charge in [0, 0.05) is 17.3 Å². The molecule has 2 rings (SSSR count). The minimum absolute atomic E-state index is 0.0287. The average Bonchev–Trinajstić information content (AvgIpc) is 3.15. The normalized spacial score (nSPS) is 17.1. The zero-order valence-electron chi connectivity index (χ0n) is 16.7. The van der Waals surface area contributed by atoms with Crippen molar-refractivity contribution in [1.29, 1.82) is 0 Å². The second-order valence-electron chi connectivity index (χ2n) is 6.49. The molecule has 0 saturated carbocycles. The van der Waals surface area contributed by atoms with Gasteiger partial charge in [-0.1, -0.05) is 20.4 Å². The number of esters is 2. The highest BCUT2D eigenvalue weighted by Crippen LogP contribution is 2.28. The van der Waals surface area contributed by atoms with Crippen LogP contribution in [0.15, 0.2) is 33.6 Å². The van der Waals surface area contributed by atoms with E-state index in [9.17, 15) is 22.8 Å². The van der Waals surface area contributed by atoms with Crippen LogP contribution in [-0.2, 0) is 38.7 Å². The molecule has 30 heavy (non-hydrogen) atoms. The number of carbonyl (C=O) groups excluding carboxylic acids is 3. The zero-order valence-corrected chi connectivity index (χ0v) is 19.1. The lowest BCUT2D eigenvalue weighted by Crippen LogP contribution is -2.37. The van der Waals surface area contributed by atoms with E-state index in [0.29, 0.717) is 6.42 Å². The lowest BCUT2D eigenvalue weighted by molar-refractivity contribution is -0.163. The minimum Gasteiger partial charge on any atom is -0.465 e. The number of ketones is 1. The molecule has 1 aromatic carbocycles. The second-order valence-corrected chi connectivity index (χ2v) is 9.19. The van der Waals surface area contributed by atoms with E-state index < -0.39 is 46.1 Å². The molecule has 1 aliphatic rings. The standard InChI is InChI=1S/C19H24BrNO8S/c1-3-27-18(23)17(19(24)28-4-2)12-15(22)11-14-9-10-29-21(14)30(25,26)16-7-5-13(20)6-8-16/h5-8,14,17H,3-4,9-12H2,1-2H3. The number of Topliss-reactive ketones (excluding diaryl/α,β-unsaturated/α-hetero) is 1. The van der Waals surface area contributed by atoms with Crippen molar-refractivity contribution in [3.8, 4) is 0 Å². The van der Waals surface area contributed by atoms with Gasteiger partial charge in [0.2, 0.25) is 0 Å². The first-order valence-electron chi connectivity index (χ1n) is 9.48. The zero-order chi connectivity index (χ0) is 22.3. The first-order valence-corrected chi connectivity index (χ1v) is 11.7. The molecule has 1 atom stereocenters. The Morgan fingerprint density at radius 3 is 2.23 bits per heavy atom. The van der Waals surface area contributed by atoms with E-state index in [0.717, 1.165) is 8.94 Å². The van der Waals surface area contributed by atoms with E-state index >= 15 is 0 Å². The molecule has 0 aliphatic carbocycles. The summed E-state index contributed by atoms with van der Waals surface area (Å²) in [7, 11) is -3.97. The summed E-state index contributed by atoms with van der Waals surface area (Å²) in [4.78, 5) is 42.0. The molecule has 0 aromatic heterocycles. The van der Waals surface area contributed by atoms with Crippen LogP contribution < -0.4 is 0 Å². The van der Waals surface area contributed by atoms with Gasteiger partial charge in [0.15, 0.2) is 5.92 Å². The molecule has 0 amide bonds. The third-order valence-electron chi connectivity index (χ3n) is 4.35. The Labute approximate surface area is 183 Å². The van der Waals surface area contributed by atoms with Gasteiger partial charge in [-0.3, -0.25) is 19.2 Å². The van der Waals surface area contributed by atoms with Gasteiger partial charge in [-0.15, -0.1) is 0 Å². The van der Waals surface area contributed by atoms with Crippen molar-refractivity contribution in [1.82, 2.24) is 4.47 Å².